The number of ether oxygens (including phenoxy) is 1. The summed E-state index contributed by atoms with van der Waals surface area (Å²) in [6, 6.07) is 9.72. The third-order valence-electron chi connectivity index (χ3n) is 3.56. The molecule has 0 bridgehead atoms. The van der Waals surface area contributed by atoms with Crippen molar-refractivity contribution in [3.05, 3.63) is 47.0 Å². The second kappa shape index (κ2) is 6.57. The van der Waals surface area contributed by atoms with Gasteiger partial charge in [-0.1, -0.05) is 22.4 Å². The highest BCUT2D eigenvalue weighted by Gasteiger charge is 2.29. The van der Waals surface area contributed by atoms with Crippen molar-refractivity contribution in [3.8, 4) is 5.75 Å². The van der Waals surface area contributed by atoms with Crippen LogP contribution in [0.4, 0.5) is 11.4 Å². The molecule has 0 saturated heterocycles. The van der Waals surface area contributed by atoms with Gasteiger partial charge in [0.1, 0.15) is 16.3 Å². The normalized spacial score (nSPS) is 16.1. The Labute approximate surface area is 151 Å². The molecular formula is C16H16ClN3O4S. The minimum absolute atomic E-state index is 0.0376. The number of benzene rings is 2. The van der Waals surface area contributed by atoms with Crippen LogP contribution in [0.25, 0.3) is 0 Å². The van der Waals surface area contributed by atoms with Gasteiger partial charge < -0.3 is 15.4 Å². The number of methoxy groups -OCH3 is 1. The number of guanidine groups is 1. The zero-order chi connectivity index (χ0) is 18.2. The summed E-state index contributed by atoms with van der Waals surface area (Å²) in [6.07, 6.45) is 0. The Morgan fingerprint density at radius 2 is 1.96 bits per heavy atom. The molecule has 0 atom stereocenters. The smallest absolute Gasteiger partial charge is 0.223 e. The van der Waals surface area contributed by atoms with E-state index < -0.39 is 10.8 Å². The molecule has 0 saturated carbocycles. The molecule has 0 unspecified atom stereocenters. The van der Waals surface area contributed by atoms with Crippen LogP contribution in [0.5, 0.6) is 5.75 Å². The standard InChI is InChI=1S/C16H16ClN3O4S/c1-9(21)10-3-5-12(6-4-10)18-16-19-15-13(24-2)7-11(17)8-14(15)25(22,23)20-16/h3-8,22-23H,1-2H3,(H2,18,19,20). The van der Waals surface area contributed by atoms with Crippen molar-refractivity contribution in [2.24, 2.45) is 4.40 Å². The van der Waals surface area contributed by atoms with Crippen LogP contribution >= 0.6 is 22.4 Å². The van der Waals surface area contributed by atoms with Gasteiger partial charge in [-0.05, 0) is 37.3 Å². The van der Waals surface area contributed by atoms with Crippen molar-refractivity contribution < 1.29 is 18.6 Å². The van der Waals surface area contributed by atoms with E-state index in [0.717, 1.165) is 0 Å². The number of rotatable bonds is 3. The highest BCUT2D eigenvalue weighted by atomic mass is 35.5. The van der Waals surface area contributed by atoms with Crippen LogP contribution in [0.1, 0.15) is 17.3 Å². The van der Waals surface area contributed by atoms with Crippen LogP contribution in [-0.2, 0) is 0 Å². The van der Waals surface area contributed by atoms with Crippen molar-refractivity contribution in [2.45, 2.75) is 11.8 Å². The summed E-state index contributed by atoms with van der Waals surface area (Å²) < 4.78 is 29.9. The van der Waals surface area contributed by atoms with Gasteiger partial charge in [-0.2, -0.15) is 0 Å². The van der Waals surface area contributed by atoms with E-state index in [9.17, 15) is 13.9 Å². The summed E-state index contributed by atoms with van der Waals surface area (Å²) in [4.78, 5) is 11.5. The molecule has 1 aliphatic rings. The number of carbonyl (C=O) groups excluding carboxylic acids is 1. The molecule has 1 heterocycles. The molecule has 0 spiro atoms. The van der Waals surface area contributed by atoms with Crippen LogP contribution in [0.3, 0.4) is 0 Å². The zero-order valence-electron chi connectivity index (χ0n) is 13.4. The lowest BCUT2D eigenvalue weighted by Crippen LogP contribution is -2.27. The number of hydrogen-bond donors (Lipinski definition) is 4. The average Bonchev–Trinajstić information content (AvgIpc) is 2.55. The maximum atomic E-state index is 11.3. The number of nitrogens with zero attached hydrogens (tertiary/aromatic N) is 1. The van der Waals surface area contributed by atoms with Crippen LogP contribution in [0, 0.1) is 0 Å². The Hall–Kier alpha value is -2.26. The first kappa shape index (κ1) is 17.6. The van der Waals surface area contributed by atoms with E-state index in [2.05, 4.69) is 15.0 Å². The molecule has 2 aromatic carbocycles. The van der Waals surface area contributed by atoms with E-state index in [1.807, 2.05) is 0 Å². The molecule has 1 aliphatic heterocycles. The molecule has 0 radical (unpaired) electrons. The molecule has 0 amide bonds. The molecule has 3 rings (SSSR count). The third kappa shape index (κ3) is 3.57. The Bertz CT molecular complexity index is 868. The first-order valence-corrected chi connectivity index (χ1v) is 9.09. The van der Waals surface area contributed by atoms with E-state index >= 15 is 0 Å². The van der Waals surface area contributed by atoms with Crippen LogP contribution < -0.4 is 15.4 Å². The summed E-state index contributed by atoms with van der Waals surface area (Å²) in [5, 5.41) is 6.23. The number of hydrogen-bond acceptors (Lipinski definition) is 7. The van der Waals surface area contributed by atoms with Crippen molar-refractivity contribution >= 4 is 45.5 Å². The zero-order valence-corrected chi connectivity index (χ0v) is 15.0. The average molecular weight is 382 g/mol. The highest BCUT2D eigenvalue weighted by molar-refractivity contribution is 8.23. The van der Waals surface area contributed by atoms with Gasteiger partial charge in [0.2, 0.25) is 5.96 Å². The Balaban J connectivity index is 1.92. The molecule has 132 valence electrons. The summed E-state index contributed by atoms with van der Waals surface area (Å²) in [6.45, 7) is 1.48. The van der Waals surface area contributed by atoms with Gasteiger partial charge in [-0.3, -0.25) is 13.9 Å². The molecule has 25 heavy (non-hydrogen) atoms. The van der Waals surface area contributed by atoms with Gasteiger partial charge in [0.05, 0.1) is 7.11 Å². The lowest BCUT2D eigenvalue weighted by atomic mass is 10.1. The summed E-state index contributed by atoms with van der Waals surface area (Å²) in [5.74, 6) is 0.469. The molecule has 0 aromatic heterocycles. The number of Topliss-reactive ketones (excluding diaryl/α,β-unsaturated/α-hetero) is 1. The number of carbonyl (C=O) groups is 1. The number of ketones is 1. The van der Waals surface area contributed by atoms with Crippen molar-refractivity contribution in [2.75, 3.05) is 17.7 Å². The van der Waals surface area contributed by atoms with Crippen molar-refractivity contribution in [1.82, 2.24) is 0 Å². The minimum Gasteiger partial charge on any atom is -0.494 e. The van der Waals surface area contributed by atoms with Gasteiger partial charge in [0, 0.05) is 22.3 Å². The highest BCUT2D eigenvalue weighted by Crippen LogP contribution is 2.57. The Morgan fingerprint density at radius 1 is 1.28 bits per heavy atom. The fourth-order valence-corrected chi connectivity index (χ4v) is 3.78. The third-order valence-corrected chi connectivity index (χ3v) is 5.13. The van der Waals surface area contributed by atoms with Gasteiger partial charge in [0.25, 0.3) is 0 Å². The van der Waals surface area contributed by atoms with Crippen LogP contribution in [0.15, 0.2) is 45.7 Å². The molecule has 9 heteroatoms. The fourth-order valence-electron chi connectivity index (χ4n) is 2.35. The maximum absolute atomic E-state index is 11.3. The van der Waals surface area contributed by atoms with Crippen LogP contribution in [-0.4, -0.2) is 28.0 Å². The van der Waals surface area contributed by atoms with Crippen molar-refractivity contribution in [3.63, 3.8) is 0 Å². The first-order valence-electron chi connectivity index (χ1n) is 7.21. The molecule has 4 N–H and O–H groups in total. The van der Waals surface area contributed by atoms with Gasteiger partial charge in [-0.25, -0.2) is 0 Å². The largest absolute Gasteiger partial charge is 0.494 e. The molecular weight excluding hydrogens is 366 g/mol. The summed E-state index contributed by atoms with van der Waals surface area (Å²) >= 11 is 5.99. The predicted molar refractivity (Wildman–Crippen MR) is 100 cm³/mol. The topological polar surface area (TPSA) is 103 Å². The summed E-state index contributed by atoms with van der Waals surface area (Å²) in [7, 11) is -1.99. The van der Waals surface area contributed by atoms with Gasteiger partial charge in [-0.15, -0.1) is 4.40 Å². The number of nitrogens with one attached hydrogen (secondary N) is 2. The van der Waals surface area contributed by atoms with Crippen molar-refractivity contribution in [1.29, 1.82) is 0 Å². The minimum atomic E-state index is -3.44. The van der Waals surface area contributed by atoms with E-state index in [1.165, 1.54) is 20.1 Å². The van der Waals surface area contributed by atoms with E-state index in [1.54, 1.807) is 30.3 Å². The first-order chi connectivity index (χ1) is 11.8. The molecule has 2 aromatic rings. The SMILES string of the molecule is COc1cc(Cl)cc2c1NC(Nc1ccc(C(C)=O)cc1)=NS2(O)O. The monoisotopic (exact) mass is 381 g/mol. The lowest BCUT2D eigenvalue weighted by Gasteiger charge is -2.34. The van der Waals surface area contributed by atoms with Gasteiger partial charge in [0.15, 0.2) is 5.78 Å². The van der Waals surface area contributed by atoms with E-state index in [4.69, 9.17) is 16.3 Å². The van der Waals surface area contributed by atoms with E-state index in [0.29, 0.717) is 27.7 Å². The Kier molecular flexibility index (Phi) is 4.61. The number of halogens is 1. The maximum Gasteiger partial charge on any atom is 0.223 e. The van der Waals surface area contributed by atoms with Gasteiger partial charge >= 0.3 is 0 Å². The second-order valence-corrected chi connectivity index (χ2v) is 7.42. The number of anilines is 2. The Morgan fingerprint density at radius 3 is 2.56 bits per heavy atom. The van der Waals surface area contributed by atoms with E-state index in [-0.39, 0.29) is 16.6 Å². The molecule has 7 nitrogen and oxygen atoms in total. The lowest BCUT2D eigenvalue weighted by molar-refractivity contribution is 0.101. The molecule has 0 fully saturated rings. The summed E-state index contributed by atoms with van der Waals surface area (Å²) in [5.41, 5.74) is 1.59. The quantitative estimate of drug-likeness (QED) is 0.585. The molecule has 0 aliphatic carbocycles. The van der Waals surface area contributed by atoms with Crippen LogP contribution in [0.2, 0.25) is 5.02 Å². The number of fused-ring (bicyclic) bond motifs is 1. The second-order valence-electron chi connectivity index (χ2n) is 5.32. The predicted octanol–water partition coefficient (Wildman–Crippen LogP) is 4.47. The fraction of sp³-hybridized carbons (Fsp3) is 0.125.